The Morgan fingerprint density at radius 3 is 1.79 bits per heavy atom. The zero-order chi connectivity index (χ0) is 14.8. The summed E-state index contributed by atoms with van der Waals surface area (Å²) in [6.45, 7) is 2.47. The van der Waals surface area contributed by atoms with E-state index in [-0.39, 0.29) is 0 Å². The molecule has 19 heavy (non-hydrogen) atoms. The molecule has 0 radical (unpaired) electrons. The van der Waals surface area contributed by atoms with E-state index in [4.69, 9.17) is 0 Å². The first-order valence-electron chi connectivity index (χ1n) is 4.42. The second kappa shape index (κ2) is 5.53. The largest absolute Gasteiger partial charge is 0.449 e. The molecule has 0 saturated heterocycles. The van der Waals surface area contributed by atoms with Crippen molar-refractivity contribution in [3.05, 3.63) is 41.7 Å². The van der Waals surface area contributed by atoms with Crippen molar-refractivity contribution in [1.29, 1.82) is 0 Å². The predicted molar refractivity (Wildman–Crippen MR) is 51.9 cm³/mol. The Hall–Kier alpha value is -1.68. The molecule has 0 N–H and O–H groups in total. The summed E-state index contributed by atoms with van der Waals surface area (Å²) in [6.07, 6.45) is 0.958. The number of rotatable bonds is 5. The highest BCUT2D eigenvalue weighted by Crippen LogP contribution is 2.30. The fourth-order valence-electron chi connectivity index (χ4n) is 0.915. The molecule has 0 aromatic heterocycles. The highest BCUT2D eigenvalue weighted by atomic mass is 32.3. The monoisotopic (exact) mass is 304 g/mol. The van der Waals surface area contributed by atoms with Crippen molar-refractivity contribution in [1.82, 2.24) is 0 Å². The van der Waals surface area contributed by atoms with E-state index >= 15 is 0 Å². The zero-order valence-electron chi connectivity index (χ0n) is 8.92. The molecule has 106 valence electrons. The maximum absolute atomic E-state index is 13.1. The molecule has 0 spiro atoms. The van der Waals surface area contributed by atoms with Gasteiger partial charge in [-0.3, -0.25) is 0 Å². The number of hydrogen-bond donors (Lipinski definition) is 0. The Morgan fingerprint density at radius 2 is 1.37 bits per heavy atom. The summed E-state index contributed by atoms with van der Waals surface area (Å²) in [7, 11) is -5.00. The molecule has 0 saturated carbocycles. The molecular weight excluding hydrogens is 299 g/mol. The molecule has 1 rings (SSSR count). The number of benzene rings is 1. The van der Waals surface area contributed by atoms with Gasteiger partial charge in [-0.1, -0.05) is 6.08 Å². The van der Waals surface area contributed by atoms with Crippen LogP contribution in [0.2, 0.25) is 0 Å². The van der Waals surface area contributed by atoms with Crippen molar-refractivity contribution in [2.24, 2.45) is 0 Å². The Bertz CT molecular complexity index is 585. The molecule has 0 aliphatic rings. The van der Waals surface area contributed by atoms with Crippen molar-refractivity contribution in [3.63, 3.8) is 0 Å². The van der Waals surface area contributed by atoms with Gasteiger partial charge in [0.05, 0.1) is 6.61 Å². The lowest BCUT2D eigenvalue weighted by atomic mass is 10.3. The summed E-state index contributed by atoms with van der Waals surface area (Å²) < 4.78 is 93.9. The van der Waals surface area contributed by atoms with Crippen LogP contribution in [0.1, 0.15) is 0 Å². The Kier molecular flexibility index (Phi) is 4.48. The maximum atomic E-state index is 13.1. The Morgan fingerprint density at radius 1 is 0.947 bits per heavy atom. The minimum atomic E-state index is -5.00. The minimum absolute atomic E-state index is 0.613. The van der Waals surface area contributed by atoms with E-state index in [2.05, 4.69) is 14.9 Å². The third kappa shape index (κ3) is 3.20. The van der Waals surface area contributed by atoms with Crippen LogP contribution in [0.25, 0.3) is 0 Å². The molecule has 1 aromatic rings. The van der Waals surface area contributed by atoms with Crippen LogP contribution < -0.4 is 4.18 Å². The summed E-state index contributed by atoms with van der Waals surface area (Å²) in [5.41, 5.74) is 0. The van der Waals surface area contributed by atoms with Crippen LogP contribution in [0.3, 0.4) is 0 Å². The van der Waals surface area contributed by atoms with E-state index in [1.807, 2.05) is 0 Å². The summed E-state index contributed by atoms with van der Waals surface area (Å²) in [4.78, 5) is 0. The van der Waals surface area contributed by atoms with Gasteiger partial charge in [0, 0.05) is 0 Å². The van der Waals surface area contributed by atoms with E-state index in [1.54, 1.807) is 0 Å². The number of halogens is 5. The van der Waals surface area contributed by atoms with Crippen LogP contribution in [0.5, 0.6) is 5.75 Å². The molecule has 0 unspecified atom stereocenters. The van der Waals surface area contributed by atoms with Gasteiger partial charge in [-0.05, 0) is 0 Å². The second-order valence-electron chi connectivity index (χ2n) is 2.96. The average molecular weight is 304 g/mol. The lowest BCUT2D eigenvalue weighted by Gasteiger charge is -2.09. The first-order valence-corrected chi connectivity index (χ1v) is 5.75. The topological polar surface area (TPSA) is 52.6 Å². The highest BCUT2D eigenvalue weighted by molar-refractivity contribution is 7.82. The first kappa shape index (κ1) is 15.4. The molecule has 10 heteroatoms. The number of hydrogen-bond acceptors (Lipinski definition) is 4. The van der Waals surface area contributed by atoms with Crippen molar-refractivity contribution in [2.75, 3.05) is 6.61 Å². The summed E-state index contributed by atoms with van der Waals surface area (Å²) in [6, 6.07) is 0. The van der Waals surface area contributed by atoms with Crippen molar-refractivity contribution in [2.45, 2.75) is 0 Å². The van der Waals surface area contributed by atoms with E-state index < -0.39 is 51.8 Å². The minimum Gasteiger partial charge on any atom is -0.355 e. The van der Waals surface area contributed by atoms with Gasteiger partial charge >= 0.3 is 10.4 Å². The lowest BCUT2D eigenvalue weighted by molar-refractivity contribution is 0.283. The standard InChI is InChI=1S/C9H5F5O4S/c1-2-3-17-19(15,16)18-9-7(13)5(11)4(10)6(12)8(9)14/h2H,1,3H2. The van der Waals surface area contributed by atoms with E-state index in [0.29, 0.717) is 0 Å². The van der Waals surface area contributed by atoms with Crippen LogP contribution >= 0.6 is 0 Å². The van der Waals surface area contributed by atoms with Gasteiger partial charge in [0.2, 0.25) is 34.8 Å². The fraction of sp³-hybridized carbons (Fsp3) is 0.111. The molecule has 0 heterocycles. The van der Waals surface area contributed by atoms with Gasteiger partial charge in [-0.15, -0.1) is 6.58 Å². The normalized spacial score (nSPS) is 11.4. The zero-order valence-corrected chi connectivity index (χ0v) is 9.74. The molecule has 0 amide bonds. The van der Waals surface area contributed by atoms with Crippen LogP contribution in [0.4, 0.5) is 22.0 Å². The van der Waals surface area contributed by atoms with E-state index in [1.165, 1.54) is 0 Å². The van der Waals surface area contributed by atoms with E-state index in [0.717, 1.165) is 6.08 Å². The Balaban J connectivity index is 3.26. The van der Waals surface area contributed by atoms with Gasteiger partial charge < -0.3 is 4.18 Å². The molecule has 4 nitrogen and oxygen atoms in total. The van der Waals surface area contributed by atoms with Gasteiger partial charge in [-0.2, -0.15) is 17.2 Å². The Labute approximate surface area is 104 Å². The molecular formula is C9H5F5O4S. The first-order chi connectivity index (χ1) is 8.71. The summed E-state index contributed by atoms with van der Waals surface area (Å²) in [5.74, 6) is -13.9. The molecule has 1 aromatic carbocycles. The molecule has 0 aliphatic heterocycles. The fourth-order valence-corrected chi connectivity index (χ4v) is 1.58. The quantitative estimate of drug-likeness (QED) is 0.362. The van der Waals surface area contributed by atoms with Gasteiger partial charge in [0.15, 0.2) is 0 Å². The van der Waals surface area contributed by atoms with Crippen LogP contribution in [0, 0.1) is 29.1 Å². The van der Waals surface area contributed by atoms with Gasteiger partial charge in [-0.25, -0.2) is 17.4 Å². The third-order valence-electron chi connectivity index (χ3n) is 1.69. The van der Waals surface area contributed by atoms with Crippen molar-refractivity contribution >= 4 is 10.4 Å². The molecule has 0 aliphatic carbocycles. The van der Waals surface area contributed by atoms with Crippen LogP contribution in [0.15, 0.2) is 12.7 Å². The van der Waals surface area contributed by atoms with Crippen LogP contribution in [-0.2, 0) is 14.6 Å². The maximum Gasteiger partial charge on any atom is 0.449 e. The molecule has 0 fully saturated rings. The van der Waals surface area contributed by atoms with Crippen molar-refractivity contribution in [3.8, 4) is 5.75 Å². The molecule has 0 atom stereocenters. The van der Waals surface area contributed by atoms with E-state index in [9.17, 15) is 30.4 Å². The van der Waals surface area contributed by atoms with Gasteiger partial charge in [0.1, 0.15) is 0 Å². The lowest BCUT2D eigenvalue weighted by Crippen LogP contribution is -2.16. The highest BCUT2D eigenvalue weighted by Gasteiger charge is 2.30. The summed E-state index contributed by atoms with van der Waals surface area (Å²) in [5, 5.41) is 0. The average Bonchev–Trinajstić information content (AvgIpc) is 2.37. The SMILES string of the molecule is C=CCOS(=O)(=O)Oc1c(F)c(F)c(F)c(F)c1F. The third-order valence-corrected chi connectivity index (χ3v) is 2.48. The molecule has 0 bridgehead atoms. The van der Waals surface area contributed by atoms with Crippen LogP contribution in [-0.4, -0.2) is 15.0 Å². The van der Waals surface area contributed by atoms with Crippen molar-refractivity contribution < 1.29 is 38.7 Å². The smallest absolute Gasteiger partial charge is 0.355 e. The summed E-state index contributed by atoms with van der Waals surface area (Å²) >= 11 is 0. The van der Waals surface area contributed by atoms with Gasteiger partial charge in [0.25, 0.3) is 0 Å². The predicted octanol–water partition coefficient (Wildman–Crippen LogP) is 2.21. The second-order valence-corrected chi connectivity index (χ2v) is 4.18.